The van der Waals surface area contributed by atoms with E-state index in [1.54, 1.807) is 0 Å². The molecule has 10 heteroatoms. The Bertz CT molecular complexity index is 507. The molecule has 0 aromatic rings. The molecule has 0 aromatic heterocycles. The SMILES string of the molecule is C=CCS(=O)(=O)OS(=O)(=O)CC=C.C[Si](C)(C)[B][Si](C)(C)C. The number of hydrogen-bond acceptors (Lipinski definition) is 5. The normalized spacial score (nSPS) is 12.8. The van der Waals surface area contributed by atoms with Gasteiger partial charge in [-0.25, -0.2) is 0 Å². The van der Waals surface area contributed by atoms with Crippen molar-refractivity contribution in [2.75, 3.05) is 11.5 Å². The van der Waals surface area contributed by atoms with Gasteiger partial charge >= 0.3 is 0 Å². The fourth-order valence-electron chi connectivity index (χ4n) is 1.80. The lowest BCUT2D eigenvalue weighted by Gasteiger charge is -2.24. The lowest BCUT2D eigenvalue weighted by Crippen LogP contribution is -2.46. The Balaban J connectivity index is 0. The monoisotopic (exact) mass is 383 g/mol. The maximum atomic E-state index is 10.8. The third-order valence-electron chi connectivity index (χ3n) is 1.72. The summed E-state index contributed by atoms with van der Waals surface area (Å²) in [5, 5.41) is 0. The molecule has 0 unspecified atom stereocenters. The van der Waals surface area contributed by atoms with Gasteiger partial charge in [0.05, 0.1) is 18.0 Å². The molecule has 0 N–H and O–H groups in total. The second-order valence-electron chi connectivity index (χ2n) is 6.97. The van der Waals surface area contributed by atoms with Crippen LogP contribution in [0.15, 0.2) is 25.3 Å². The van der Waals surface area contributed by atoms with E-state index in [1.807, 2.05) is 0 Å². The topological polar surface area (TPSA) is 77.5 Å². The Morgan fingerprint density at radius 2 is 1.09 bits per heavy atom. The molecule has 0 saturated carbocycles. The van der Waals surface area contributed by atoms with E-state index in [-0.39, 0.29) is 0 Å². The van der Waals surface area contributed by atoms with E-state index in [1.165, 1.54) is 0 Å². The van der Waals surface area contributed by atoms with Gasteiger partial charge in [-0.2, -0.15) is 16.8 Å². The van der Waals surface area contributed by atoms with Crippen LogP contribution in [-0.2, 0) is 23.9 Å². The minimum atomic E-state index is -4.07. The molecule has 22 heavy (non-hydrogen) atoms. The Labute approximate surface area is 139 Å². The van der Waals surface area contributed by atoms with Crippen LogP contribution in [0.25, 0.3) is 0 Å². The highest BCUT2D eigenvalue weighted by atomic mass is 32.3. The molecule has 0 aliphatic rings. The van der Waals surface area contributed by atoms with E-state index in [0.717, 1.165) is 12.2 Å². The summed E-state index contributed by atoms with van der Waals surface area (Å²) in [6, 6.07) is 0. The van der Waals surface area contributed by atoms with Gasteiger partial charge in [-0.15, -0.1) is 16.8 Å². The summed E-state index contributed by atoms with van der Waals surface area (Å²) in [4.78, 5) is 0. The Morgan fingerprint density at radius 1 is 0.818 bits per heavy atom. The van der Waals surface area contributed by atoms with Gasteiger partial charge in [0.1, 0.15) is 0 Å². The molecule has 0 rings (SSSR count). The molecule has 129 valence electrons. The molecule has 0 aromatic carbocycles. The summed E-state index contributed by atoms with van der Waals surface area (Å²) in [5.41, 5.74) is 0. The van der Waals surface area contributed by atoms with Crippen molar-refractivity contribution in [2.24, 2.45) is 0 Å². The largest absolute Gasteiger partial charge is 0.285 e. The van der Waals surface area contributed by atoms with Gasteiger partial charge in [0.15, 0.2) is 0 Å². The van der Waals surface area contributed by atoms with Gasteiger partial charge in [0.2, 0.25) is 0 Å². The average Bonchev–Trinajstić information content (AvgIpc) is 2.08. The van der Waals surface area contributed by atoms with Crippen LogP contribution in [0, 0.1) is 0 Å². The fourth-order valence-corrected chi connectivity index (χ4v) is 14.5. The third-order valence-corrected chi connectivity index (χ3v) is 11.6. The summed E-state index contributed by atoms with van der Waals surface area (Å²) < 4.78 is 47.2. The zero-order valence-electron chi connectivity index (χ0n) is 14.4. The molecule has 0 aliphatic carbocycles. The first-order chi connectivity index (χ1) is 9.54. The molecular formula is C12H28BO5S2Si2. The van der Waals surface area contributed by atoms with Crippen molar-refractivity contribution in [3.63, 3.8) is 0 Å². The van der Waals surface area contributed by atoms with Crippen molar-refractivity contribution < 1.29 is 20.5 Å². The average molecular weight is 383 g/mol. The molecule has 1 radical (unpaired) electrons. The van der Waals surface area contributed by atoms with Gasteiger partial charge in [-0.1, -0.05) is 51.4 Å². The molecule has 0 amide bonds. The van der Waals surface area contributed by atoms with E-state index in [4.69, 9.17) is 0 Å². The van der Waals surface area contributed by atoms with Gasteiger partial charge in [0.25, 0.3) is 20.2 Å². The zero-order chi connectivity index (χ0) is 18.2. The summed E-state index contributed by atoms with van der Waals surface area (Å²) in [7, 11) is -9.84. The molecular weight excluding hydrogens is 355 g/mol. The summed E-state index contributed by atoms with van der Waals surface area (Å²) in [5.74, 6) is -1.08. The predicted octanol–water partition coefficient (Wildman–Crippen LogP) is 2.40. The van der Waals surface area contributed by atoms with Crippen LogP contribution < -0.4 is 0 Å². The highest BCUT2D eigenvalue weighted by Crippen LogP contribution is 2.07. The van der Waals surface area contributed by atoms with Crippen LogP contribution in [0.1, 0.15) is 0 Å². The number of rotatable bonds is 8. The molecule has 0 fully saturated rings. The van der Waals surface area contributed by atoms with Crippen LogP contribution >= 0.6 is 0 Å². The summed E-state index contributed by atoms with van der Waals surface area (Å²) >= 11 is 0. The molecule has 0 atom stereocenters. The van der Waals surface area contributed by atoms with Crippen molar-refractivity contribution >= 4 is 42.6 Å². The maximum absolute atomic E-state index is 10.8. The first kappa shape index (κ1) is 24.1. The van der Waals surface area contributed by atoms with Crippen molar-refractivity contribution in [3.8, 4) is 0 Å². The van der Waals surface area contributed by atoms with Crippen LogP contribution in [-0.4, -0.2) is 50.7 Å². The maximum Gasteiger partial charge on any atom is 0.285 e. The Morgan fingerprint density at radius 3 is 1.23 bits per heavy atom. The molecule has 5 nitrogen and oxygen atoms in total. The summed E-state index contributed by atoms with van der Waals surface area (Å²) in [6.07, 6.45) is 2.08. The van der Waals surface area contributed by atoms with E-state index >= 15 is 0 Å². The van der Waals surface area contributed by atoms with Crippen LogP contribution in [0.3, 0.4) is 0 Å². The minimum Gasteiger partial charge on any atom is -0.198 e. The van der Waals surface area contributed by atoms with Crippen molar-refractivity contribution in [1.82, 2.24) is 0 Å². The number of hydrogen-bond donors (Lipinski definition) is 0. The van der Waals surface area contributed by atoms with Gasteiger partial charge in [0, 0.05) is 15.9 Å². The van der Waals surface area contributed by atoms with Gasteiger partial charge in [-0.3, -0.25) is 0 Å². The molecule has 0 aliphatic heterocycles. The van der Waals surface area contributed by atoms with E-state index in [9.17, 15) is 16.8 Å². The van der Waals surface area contributed by atoms with E-state index in [0.29, 0.717) is 0 Å². The first-order valence-corrected chi connectivity index (χ1v) is 17.1. The highest BCUT2D eigenvalue weighted by molar-refractivity contribution is 8.00. The lowest BCUT2D eigenvalue weighted by molar-refractivity contribution is 0.466. The summed E-state index contributed by atoms with van der Waals surface area (Å²) in [6.45, 7) is 23.4. The second kappa shape index (κ2) is 9.21. The fraction of sp³-hybridized carbons (Fsp3) is 0.667. The highest BCUT2D eigenvalue weighted by Gasteiger charge is 2.24. The third kappa shape index (κ3) is 17.9. The molecule has 0 heterocycles. The zero-order valence-corrected chi connectivity index (χ0v) is 18.1. The first-order valence-electron chi connectivity index (χ1n) is 6.79. The van der Waals surface area contributed by atoms with Crippen molar-refractivity contribution in [2.45, 2.75) is 39.3 Å². The van der Waals surface area contributed by atoms with Crippen LogP contribution in [0.2, 0.25) is 39.3 Å². The standard InChI is InChI=1S/C6H18BSi2.C6H10O5S2/c1-8(2,3)7-9(4,5)6;1-3-5-12(7,8)11-13(9,10)6-4-2/h1-6H3;3-4H,1-2,5-6H2. The van der Waals surface area contributed by atoms with Crippen LogP contribution in [0.4, 0.5) is 0 Å². The van der Waals surface area contributed by atoms with Gasteiger partial charge < -0.3 is 0 Å². The van der Waals surface area contributed by atoms with Crippen LogP contribution in [0.5, 0.6) is 0 Å². The molecule has 0 spiro atoms. The smallest absolute Gasteiger partial charge is 0.198 e. The Hall–Kier alpha value is -0.161. The lowest BCUT2D eigenvalue weighted by atomic mass is 10.7. The van der Waals surface area contributed by atoms with Crippen molar-refractivity contribution in [1.29, 1.82) is 0 Å². The van der Waals surface area contributed by atoms with E-state index in [2.05, 4.69) is 62.5 Å². The van der Waals surface area contributed by atoms with Gasteiger partial charge in [-0.05, 0) is 0 Å². The molecule has 0 bridgehead atoms. The predicted molar refractivity (Wildman–Crippen MR) is 101 cm³/mol. The van der Waals surface area contributed by atoms with E-state index < -0.39 is 47.6 Å². The quantitative estimate of drug-likeness (QED) is 0.475. The minimum absolute atomic E-state index is 0.538. The van der Waals surface area contributed by atoms with Crippen molar-refractivity contribution in [3.05, 3.63) is 25.3 Å². The Kier molecular flexibility index (Phi) is 10.1. The second-order valence-corrected chi connectivity index (χ2v) is 21.0. The molecule has 0 saturated heterocycles.